The predicted molar refractivity (Wildman–Crippen MR) is 81.4 cm³/mol. The van der Waals surface area contributed by atoms with E-state index in [0.717, 1.165) is 0 Å². The van der Waals surface area contributed by atoms with Crippen molar-refractivity contribution in [2.24, 2.45) is 0 Å². The average molecular weight is 317 g/mol. The van der Waals surface area contributed by atoms with Crippen LogP contribution in [0.2, 0.25) is 0 Å². The van der Waals surface area contributed by atoms with Crippen molar-refractivity contribution in [3.63, 3.8) is 0 Å². The van der Waals surface area contributed by atoms with Gasteiger partial charge in [0.25, 0.3) is 0 Å². The lowest BCUT2D eigenvalue weighted by molar-refractivity contribution is -0.141. The number of rotatable bonds is 5. The largest absolute Gasteiger partial charge is 0.480 e. The molecule has 2 N–H and O–H groups in total. The van der Waals surface area contributed by atoms with Gasteiger partial charge in [0.1, 0.15) is 12.6 Å². The normalized spacial score (nSPS) is 18.5. The first-order chi connectivity index (χ1) is 9.86. The van der Waals surface area contributed by atoms with Crippen LogP contribution < -0.4 is 5.32 Å². The molecule has 1 atom stereocenters. The Balaban J connectivity index is 2.72. The van der Waals surface area contributed by atoms with Gasteiger partial charge >= 0.3 is 12.0 Å². The van der Waals surface area contributed by atoms with Crippen LogP contribution in [0.15, 0.2) is 0 Å². The Morgan fingerprint density at radius 1 is 1.43 bits per heavy atom. The monoisotopic (exact) mass is 317 g/mol. The molecular weight excluding hydrogens is 294 g/mol. The van der Waals surface area contributed by atoms with Crippen LogP contribution in [0.3, 0.4) is 0 Å². The molecule has 7 nitrogen and oxygen atoms in total. The second-order valence-corrected chi connectivity index (χ2v) is 6.29. The quantitative estimate of drug-likeness (QED) is 0.768. The molecule has 1 aliphatic heterocycles. The van der Waals surface area contributed by atoms with Crippen molar-refractivity contribution in [2.45, 2.75) is 32.9 Å². The highest BCUT2D eigenvalue weighted by Crippen LogP contribution is 2.18. The minimum absolute atomic E-state index is 0.00413. The number of carboxylic acid groups (broad SMARTS) is 1. The van der Waals surface area contributed by atoms with E-state index in [-0.39, 0.29) is 24.5 Å². The van der Waals surface area contributed by atoms with Crippen LogP contribution in [0.25, 0.3) is 0 Å². The maximum absolute atomic E-state index is 12.5. The van der Waals surface area contributed by atoms with E-state index in [1.54, 1.807) is 6.92 Å². The fraction of sp³-hybridized carbons (Fsp3) is 0.769. The third-order valence-corrected chi connectivity index (χ3v) is 4.12. The van der Waals surface area contributed by atoms with E-state index in [0.29, 0.717) is 24.6 Å². The van der Waals surface area contributed by atoms with Crippen molar-refractivity contribution >= 4 is 29.7 Å². The van der Waals surface area contributed by atoms with Crippen LogP contribution in [-0.4, -0.2) is 76.0 Å². The summed E-state index contributed by atoms with van der Waals surface area (Å²) >= 11 is 1.52. The molecule has 1 aliphatic rings. The molecule has 0 radical (unpaired) electrons. The van der Waals surface area contributed by atoms with Crippen LogP contribution >= 0.6 is 11.8 Å². The number of urea groups is 1. The summed E-state index contributed by atoms with van der Waals surface area (Å²) in [6.07, 6.45) is 0. The Morgan fingerprint density at radius 2 is 2.10 bits per heavy atom. The van der Waals surface area contributed by atoms with Crippen LogP contribution in [0.1, 0.15) is 20.8 Å². The maximum atomic E-state index is 12.5. The molecular formula is C13H23N3O4S. The number of nitrogens with zero attached hydrogens (tertiary/aromatic N) is 2. The van der Waals surface area contributed by atoms with Gasteiger partial charge in [-0.25, -0.2) is 9.59 Å². The van der Waals surface area contributed by atoms with E-state index in [2.05, 4.69) is 5.32 Å². The van der Waals surface area contributed by atoms with Gasteiger partial charge in [0.05, 0.1) is 0 Å². The number of carbonyl (C=O) groups is 3. The third-order valence-electron chi connectivity index (χ3n) is 3.10. The molecule has 1 rings (SSSR count). The molecule has 0 aromatic carbocycles. The van der Waals surface area contributed by atoms with Gasteiger partial charge in [0.2, 0.25) is 5.91 Å². The first kappa shape index (κ1) is 17.6. The number of hydrogen-bond donors (Lipinski definition) is 2. The Labute approximate surface area is 129 Å². The number of likely N-dealkylation sites (N-methyl/N-ethyl adjacent to an activating group) is 1. The highest BCUT2D eigenvalue weighted by molar-refractivity contribution is 7.99. The zero-order valence-electron chi connectivity index (χ0n) is 12.7. The number of aliphatic carboxylic acids is 1. The van der Waals surface area contributed by atoms with E-state index in [1.165, 1.54) is 21.6 Å². The van der Waals surface area contributed by atoms with Crippen molar-refractivity contribution in [1.82, 2.24) is 15.1 Å². The SMILES string of the molecule is CCN(CC(=O)NC(C)C)C(=O)N1CCSCC1C(=O)O. The Morgan fingerprint density at radius 3 is 2.62 bits per heavy atom. The smallest absolute Gasteiger partial charge is 0.327 e. The Bertz CT molecular complexity index is 403. The summed E-state index contributed by atoms with van der Waals surface area (Å²) in [6.45, 7) is 6.16. The molecule has 3 amide bonds. The fourth-order valence-electron chi connectivity index (χ4n) is 2.07. The van der Waals surface area contributed by atoms with Gasteiger partial charge in [0.15, 0.2) is 0 Å². The molecule has 0 aromatic rings. The second-order valence-electron chi connectivity index (χ2n) is 5.14. The molecule has 0 bridgehead atoms. The van der Waals surface area contributed by atoms with Gasteiger partial charge in [-0.1, -0.05) is 0 Å². The third kappa shape index (κ3) is 5.11. The van der Waals surface area contributed by atoms with Crippen LogP contribution in [-0.2, 0) is 9.59 Å². The van der Waals surface area contributed by atoms with E-state index in [4.69, 9.17) is 0 Å². The van der Waals surface area contributed by atoms with Gasteiger partial charge in [0, 0.05) is 30.6 Å². The van der Waals surface area contributed by atoms with Crippen LogP contribution in [0, 0.1) is 0 Å². The minimum atomic E-state index is -1.00. The summed E-state index contributed by atoms with van der Waals surface area (Å²) in [4.78, 5) is 38.2. The lowest BCUT2D eigenvalue weighted by atomic mass is 10.3. The van der Waals surface area contributed by atoms with Gasteiger partial charge in [-0.2, -0.15) is 11.8 Å². The zero-order valence-corrected chi connectivity index (χ0v) is 13.5. The van der Waals surface area contributed by atoms with Crippen molar-refractivity contribution in [3.05, 3.63) is 0 Å². The average Bonchev–Trinajstić information content (AvgIpc) is 2.43. The van der Waals surface area contributed by atoms with Gasteiger partial charge in [-0.3, -0.25) is 4.79 Å². The molecule has 0 aliphatic carbocycles. The molecule has 0 spiro atoms. The standard InChI is InChI=1S/C13H23N3O4S/c1-4-15(7-11(17)14-9(2)3)13(20)16-5-6-21-8-10(16)12(18)19/h9-10H,4-8H2,1-3H3,(H,14,17)(H,18,19). The summed E-state index contributed by atoms with van der Waals surface area (Å²) < 4.78 is 0. The van der Waals surface area contributed by atoms with Gasteiger partial charge in [-0.15, -0.1) is 0 Å². The van der Waals surface area contributed by atoms with E-state index < -0.39 is 12.0 Å². The zero-order chi connectivity index (χ0) is 16.0. The highest BCUT2D eigenvalue weighted by atomic mass is 32.2. The Kier molecular flexibility index (Phi) is 6.80. The molecule has 0 saturated carbocycles. The number of hydrogen-bond acceptors (Lipinski definition) is 4. The van der Waals surface area contributed by atoms with Crippen molar-refractivity contribution in [2.75, 3.05) is 31.1 Å². The van der Waals surface area contributed by atoms with Crippen LogP contribution in [0.4, 0.5) is 4.79 Å². The number of nitrogens with one attached hydrogen (secondary N) is 1. The summed E-state index contributed by atoms with van der Waals surface area (Å²) in [7, 11) is 0. The number of amides is 3. The summed E-state index contributed by atoms with van der Waals surface area (Å²) in [5, 5.41) is 11.9. The summed E-state index contributed by atoms with van der Waals surface area (Å²) in [5.41, 5.74) is 0. The second kappa shape index (κ2) is 8.11. The molecule has 1 unspecified atom stereocenters. The molecule has 1 saturated heterocycles. The van der Waals surface area contributed by atoms with Crippen molar-refractivity contribution < 1.29 is 19.5 Å². The summed E-state index contributed by atoms with van der Waals surface area (Å²) in [6, 6.07) is -1.20. The first-order valence-electron chi connectivity index (χ1n) is 7.02. The van der Waals surface area contributed by atoms with Gasteiger partial charge < -0.3 is 20.2 Å². The van der Waals surface area contributed by atoms with E-state index >= 15 is 0 Å². The first-order valence-corrected chi connectivity index (χ1v) is 8.17. The summed E-state index contributed by atoms with van der Waals surface area (Å²) in [5.74, 6) is -0.140. The van der Waals surface area contributed by atoms with Crippen molar-refractivity contribution in [3.8, 4) is 0 Å². The number of carboxylic acids is 1. The van der Waals surface area contributed by atoms with Crippen LogP contribution in [0.5, 0.6) is 0 Å². The van der Waals surface area contributed by atoms with E-state index in [9.17, 15) is 19.5 Å². The van der Waals surface area contributed by atoms with Gasteiger partial charge in [-0.05, 0) is 20.8 Å². The lowest BCUT2D eigenvalue weighted by Gasteiger charge is -2.36. The van der Waals surface area contributed by atoms with Crippen molar-refractivity contribution in [1.29, 1.82) is 0 Å². The number of thioether (sulfide) groups is 1. The predicted octanol–water partition coefficient (Wildman–Crippen LogP) is 0.455. The van der Waals surface area contributed by atoms with E-state index in [1.807, 2.05) is 13.8 Å². The molecule has 1 fully saturated rings. The molecule has 0 aromatic heterocycles. The minimum Gasteiger partial charge on any atom is -0.480 e. The maximum Gasteiger partial charge on any atom is 0.327 e. The Hall–Kier alpha value is -1.44. The molecule has 8 heteroatoms. The molecule has 21 heavy (non-hydrogen) atoms. The number of carbonyl (C=O) groups excluding carboxylic acids is 2. The molecule has 1 heterocycles. The lowest BCUT2D eigenvalue weighted by Crippen LogP contribution is -2.56. The topological polar surface area (TPSA) is 90.0 Å². The highest BCUT2D eigenvalue weighted by Gasteiger charge is 2.34. The molecule has 120 valence electrons. The fourth-order valence-corrected chi connectivity index (χ4v) is 3.11.